The third-order valence-corrected chi connectivity index (χ3v) is 5.26. The van der Waals surface area contributed by atoms with Gasteiger partial charge in [-0.1, -0.05) is 25.1 Å². The van der Waals surface area contributed by atoms with Crippen molar-refractivity contribution in [2.24, 2.45) is 0 Å². The Bertz CT molecular complexity index is 1030. The van der Waals surface area contributed by atoms with E-state index in [4.69, 9.17) is 0 Å². The molecule has 0 saturated carbocycles. The van der Waals surface area contributed by atoms with Crippen molar-refractivity contribution >= 4 is 22.9 Å². The maximum Gasteiger partial charge on any atom is 0.247 e. The summed E-state index contributed by atoms with van der Waals surface area (Å²) in [5, 5.41) is 13.3. The molecule has 0 fully saturated rings. The molecule has 1 heterocycles. The Morgan fingerprint density at radius 1 is 1.18 bits per heavy atom. The topological polar surface area (TPSA) is 65.1 Å². The smallest absolute Gasteiger partial charge is 0.247 e. The van der Waals surface area contributed by atoms with E-state index in [1.807, 2.05) is 26.1 Å². The Labute approximate surface area is 166 Å². The third kappa shape index (κ3) is 4.18. The number of aromatic amines is 1. The number of aromatic nitrogens is 1. The molecule has 3 aromatic rings. The summed E-state index contributed by atoms with van der Waals surface area (Å²) in [5.74, 6) is -0.139. The summed E-state index contributed by atoms with van der Waals surface area (Å²) < 4.78 is 0. The number of aryl methyl sites for hydroxylation is 2. The first-order chi connectivity index (χ1) is 13.4. The Morgan fingerprint density at radius 3 is 2.68 bits per heavy atom. The van der Waals surface area contributed by atoms with Crippen molar-refractivity contribution in [1.82, 2.24) is 10.3 Å². The molecule has 2 aromatic carbocycles. The lowest BCUT2D eigenvalue weighted by atomic mass is 9.93. The van der Waals surface area contributed by atoms with Gasteiger partial charge in [-0.25, -0.2) is 0 Å². The minimum atomic E-state index is -0.204. The molecular formula is C24H28N2O2. The molecule has 4 nitrogen and oxygen atoms in total. The lowest BCUT2D eigenvalue weighted by molar-refractivity contribution is -0.118. The first kappa shape index (κ1) is 19.9. The van der Waals surface area contributed by atoms with Crippen LogP contribution < -0.4 is 5.32 Å². The van der Waals surface area contributed by atoms with Gasteiger partial charge in [0.15, 0.2) is 0 Å². The average molecular weight is 377 g/mol. The number of carbonyl (C=O) groups excluding carboxylic acids is 1. The van der Waals surface area contributed by atoms with Gasteiger partial charge in [0.25, 0.3) is 0 Å². The van der Waals surface area contributed by atoms with Gasteiger partial charge in [-0.3, -0.25) is 4.79 Å². The molecule has 146 valence electrons. The van der Waals surface area contributed by atoms with E-state index in [9.17, 15) is 9.90 Å². The van der Waals surface area contributed by atoms with Crippen LogP contribution in [0, 0.1) is 13.8 Å². The number of H-pyrrole nitrogens is 1. The quantitative estimate of drug-likeness (QED) is 0.544. The summed E-state index contributed by atoms with van der Waals surface area (Å²) in [6.07, 6.45) is 4.57. The van der Waals surface area contributed by atoms with Crippen molar-refractivity contribution in [2.45, 2.75) is 40.2 Å². The van der Waals surface area contributed by atoms with E-state index in [0.29, 0.717) is 12.0 Å². The van der Waals surface area contributed by atoms with Crippen molar-refractivity contribution in [2.75, 3.05) is 6.61 Å². The van der Waals surface area contributed by atoms with E-state index in [1.165, 1.54) is 22.1 Å². The Hall–Kier alpha value is -2.85. The van der Waals surface area contributed by atoms with Gasteiger partial charge in [0.2, 0.25) is 5.91 Å². The molecule has 1 atom stereocenters. The lowest BCUT2D eigenvalue weighted by Crippen LogP contribution is -2.37. The molecule has 0 aliphatic carbocycles. The minimum absolute atomic E-state index is 0.0478. The zero-order valence-electron chi connectivity index (χ0n) is 17.0. The van der Waals surface area contributed by atoms with Crippen molar-refractivity contribution in [3.63, 3.8) is 0 Å². The second-order valence-electron chi connectivity index (χ2n) is 7.39. The van der Waals surface area contributed by atoms with E-state index in [2.05, 4.69) is 60.5 Å². The van der Waals surface area contributed by atoms with Crippen LogP contribution in [0.4, 0.5) is 0 Å². The highest BCUT2D eigenvalue weighted by atomic mass is 16.3. The van der Waals surface area contributed by atoms with Crippen LogP contribution in [0.2, 0.25) is 0 Å². The fourth-order valence-electron chi connectivity index (χ4n) is 3.40. The number of hydrogen-bond acceptors (Lipinski definition) is 2. The summed E-state index contributed by atoms with van der Waals surface area (Å²) in [4.78, 5) is 15.6. The van der Waals surface area contributed by atoms with Crippen molar-refractivity contribution < 1.29 is 9.90 Å². The standard InChI is InChI=1S/C24H28N2O2/c1-5-21(14-27)26-24(28)17(4)11-20-10-16(3)22(12-15(20)2)18-6-7-23-19(13-18)8-9-25-23/h6-13,21,25,27H,5,14H2,1-4H3,(H,26,28)/b17-11+/t21-/m0/s1. The molecule has 0 saturated heterocycles. The van der Waals surface area contributed by atoms with Crippen molar-refractivity contribution in [3.05, 3.63) is 64.9 Å². The molecule has 0 radical (unpaired) electrons. The first-order valence-corrected chi connectivity index (χ1v) is 9.71. The largest absolute Gasteiger partial charge is 0.394 e. The zero-order valence-corrected chi connectivity index (χ0v) is 17.0. The SMILES string of the molecule is CC[C@@H](CO)NC(=O)/C(C)=C/c1cc(C)c(-c2ccc3[nH]ccc3c2)cc1C. The number of rotatable bonds is 6. The predicted octanol–water partition coefficient (Wildman–Crippen LogP) is 4.74. The molecule has 4 heteroatoms. The highest BCUT2D eigenvalue weighted by Crippen LogP contribution is 2.30. The molecular weight excluding hydrogens is 348 g/mol. The zero-order chi connectivity index (χ0) is 20.3. The molecule has 1 amide bonds. The number of benzene rings is 2. The molecule has 3 rings (SSSR count). The number of nitrogens with one attached hydrogen (secondary N) is 2. The Balaban J connectivity index is 1.90. The van der Waals surface area contributed by atoms with Gasteiger partial charge in [-0.2, -0.15) is 0 Å². The summed E-state index contributed by atoms with van der Waals surface area (Å²) in [6, 6.07) is 12.6. The van der Waals surface area contributed by atoms with Gasteiger partial charge in [0.1, 0.15) is 0 Å². The second-order valence-corrected chi connectivity index (χ2v) is 7.39. The maximum absolute atomic E-state index is 12.4. The van der Waals surface area contributed by atoms with E-state index in [1.54, 1.807) is 0 Å². The molecule has 1 aromatic heterocycles. The van der Waals surface area contributed by atoms with E-state index < -0.39 is 0 Å². The fraction of sp³-hybridized carbons (Fsp3) is 0.292. The van der Waals surface area contributed by atoms with E-state index in [0.717, 1.165) is 16.6 Å². The lowest BCUT2D eigenvalue weighted by Gasteiger charge is -2.15. The van der Waals surface area contributed by atoms with Crippen LogP contribution in [0.1, 0.15) is 37.0 Å². The van der Waals surface area contributed by atoms with Gasteiger partial charge >= 0.3 is 0 Å². The second kappa shape index (κ2) is 8.44. The van der Waals surface area contributed by atoms with Gasteiger partial charge in [-0.05, 0) is 84.7 Å². The summed E-state index contributed by atoms with van der Waals surface area (Å²) >= 11 is 0. The van der Waals surface area contributed by atoms with Crippen LogP contribution in [0.5, 0.6) is 0 Å². The number of hydrogen-bond donors (Lipinski definition) is 3. The van der Waals surface area contributed by atoms with Crippen molar-refractivity contribution in [1.29, 1.82) is 0 Å². The van der Waals surface area contributed by atoms with E-state index in [-0.39, 0.29) is 18.6 Å². The molecule has 0 spiro atoms. The minimum Gasteiger partial charge on any atom is -0.394 e. The number of aliphatic hydroxyl groups is 1. The van der Waals surface area contributed by atoms with Gasteiger partial charge in [0.05, 0.1) is 12.6 Å². The van der Waals surface area contributed by atoms with Crippen LogP contribution >= 0.6 is 0 Å². The normalized spacial score (nSPS) is 13.0. The number of fused-ring (bicyclic) bond motifs is 1. The molecule has 3 N–H and O–H groups in total. The van der Waals surface area contributed by atoms with Crippen LogP contribution in [0.25, 0.3) is 28.1 Å². The summed E-state index contributed by atoms with van der Waals surface area (Å²) in [6.45, 7) is 7.87. The molecule has 28 heavy (non-hydrogen) atoms. The number of amides is 1. The number of aliphatic hydroxyl groups excluding tert-OH is 1. The van der Waals surface area contributed by atoms with Gasteiger partial charge in [0, 0.05) is 17.3 Å². The van der Waals surface area contributed by atoms with E-state index >= 15 is 0 Å². The maximum atomic E-state index is 12.4. The number of carbonyl (C=O) groups is 1. The summed E-state index contributed by atoms with van der Waals surface area (Å²) in [7, 11) is 0. The molecule has 0 aliphatic rings. The van der Waals surface area contributed by atoms with Crippen LogP contribution in [-0.4, -0.2) is 28.6 Å². The van der Waals surface area contributed by atoms with Crippen LogP contribution in [0.15, 0.2) is 48.2 Å². The third-order valence-electron chi connectivity index (χ3n) is 5.26. The summed E-state index contributed by atoms with van der Waals surface area (Å²) in [5.41, 5.74) is 7.48. The Kier molecular flexibility index (Phi) is 6.00. The fourth-order valence-corrected chi connectivity index (χ4v) is 3.40. The highest BCUT2D eigenvalue weighted by Gasteiger charge is 2.12. The monoisotopic (exact) mass is 376 g/mol. The van der Waals surface area contributed by atoms with Crippen LogP contribution in [-0.2, 0) is 4.79 Å². The highest BCUT2D eigenvalue weighted by molar-refractivity contribution is 5.97. The van der Waals surface area contributed by atoms with Gasteiger partial charge in [-0.15, -0.1) is 0 Å². The average Bonchev–Trinajstić information content (AvgIpc) is 3.16. The predicted molar refractivity (Wildman–Crippen MR) is 116 cm³/mol. The Morgan fingerprint density at radius 2 is 1.96 bits per heavy atom. The van der Waals surface area contributed by atoms with Gasteiger partial charge < -0.3 is 15.4 Å². The first-order valence-electron chi connectivity index (χ1n) is 9.71. The molecule has 0 bridgehead atoms. The molecule has 0 unspecified atom stereocenters. The molecule has 0 aliphatic heterocycles. The van der Waals surface area contributed by atoms with Crippen LogP contribution in [0.3, 0.4) is 0 Å². The van der Waals surface area contributed by atoms with Crippen molar-refractivity contribution in [3.8, 4) is 11.1 Å².